The summed E-state index contributed by atoms with van der Waals surface area (Å²) in [6.45, 7) is 3.64. The normalized spacial score (nSPS) is 22.1. The van der Waals surface area contributed by atoms with E-state index in [-0.39, 0.29) is 11.9 Å². The Balaban J connectivity index is 1.41. The Hall–Kier alpha value is -2.90. The molecule has 1 aromatic heterocycles. The van der Waals surface area contributed by atoms with Crippen LogP contribution < -0.4 is 10.6 Å². The van der Waals surface area contributed by atoms with Gasteiger partial charge in [-0.05, 0) is 66.4 Å². The van der Waals surface area contributed by atoms with Gasteiger partial charge in [0.05, 0.1) is 4.88 Å². The minimum Gasteiger partial charge on any atom is -0.465 e. The fraction of sp³-hybridized carbons (Fsp3) is 0.360. The van der Waals surface area contributed by atoms with E-state index in [2.05, 4.69) is 33.7 Å². The Bertz CT molecular complexity index is 1150. The van der Waals surface area contributed by atoms with Crippen LogP contribution in [0.25, 0.3) is 21.2 Å². The Morgan fingerprint density at radius 3 is 2.59 bits per heavy atom. The van der Waals surface area contributed by atoms with E-state index >= 15 is 0 Å². The zero-order chi connectivity index (χ0) is 22.1. The minimum atomic E-state index is -1.01. The zero-order valence-electron chi connectivity index (χ0n) is 17.8. The van der Waals surface area contributed by atoms with Gasteiger partial charge in [0.2, 0.25) is 0 Å². The number of thiophene rings is 1. The molecule has 0 spiro atoms. The molecular weight excluding hydrogens is 422 g/mol. The summed E-state index contributed by atoms with van der Waals surface area (Å²) in [5, 5.41) is 15.7. The van der Waals surface area contributed by atoms with Crippen molar-refractivity contribution in [1.82, 2.24) is 15.5 Å². The average Bonchev–Trinajstić information content (AvgIpc) is 3.25. The molecule has 166 valence electrons. The number of rotatable bonds is 6. The smallest absolute Gasteiger partial charge is 0.404 e. The van der Waals surface area contributed by atoms with Gasteiger partial charge in [-0.3, -0.25) is 4.79 Å². The first kappa shape index (κ1) is 21.0. The molecule has 3 saturated heterocycles. The third-order valence-corrected chi connectivity index (χ3v) is 7.90. The number of amides is 2. The monoisotopic (exact) mass is 449 g/mol. The summed E-state index contributed by atoms with van der Waals surface area (Å²) in [6, 6.07) is 16.5. The van der Waals surface area contributed by atoms with Gasteiger partial charge in [0.25, 0.3) is 5.91 Å². The number of hydrogen-bond donors (Lipinski definition) is 3. The highest BCUT2D eigenvalue weighted by atomic mass is 32.1. The van der Waals surface area contributed by atoms with Gasteiger partial charge in [0.15, 0.2) is 0 Å². The first-order valence-corrected chi connectivity index (χ1v) is 12.0. The van der Waals surface area contributed by atoms with E-state index in [1.165, 1.54) is 24.2 Å². The lowest BCUT2D eigenvalue weighted by molar-refractivity contribution is 0.0622. The predicted molar refractivity (Wildman–Crippen MR) is 127 cm³/mol. The molecule has 2 aromatic carbocycles. The van der Waals surface area contributed by atoms with Crippen LogP contribution in [0.2, 0.25) is 0 Å². The molecule has 4 heterocycles. The molecule has 0 saturated carbocycles. The van der Waals surface area contributed by atoms with Crippen LogP contribution >= 0.6 is 11.3 Å². The predicted octanol–water partition coefficient (Wildman–Crippen LogP) is 4.20. The first-order valence-electron chi connectivity index (χ1n) is 11.2. The van der Waals surface area contributed by atoms with Crippen LogP contribution in [0.5, 0.6) is 0 Å². The van der Waals surface area contributed by atoms with Gasteiger partial charge in [-0.25, -0.2) is 4.79 Å². The summed E-state index contributed by atoms with van der Waals surface area (Å²) in [5.41, 5.74) is 3.25. The second-order valence-corrected chi connectivity index (χ2v) is 9.74. The highest BCUT2D eigenvalue weighted by Crippen LogP contribution is 2.37. The molecular formula is C25H27N3O3S. The number of carbonyl (C=O) groups excluding carboxylic acids is 1. The summed E-state index contributed by atoms with van der Waals surface area (Å²) in [6.07, 6.45) is 1.95. The number of benzene rings is 2. The lowest BCUT2D eigenvalue weighted by Gasteiger charge is -2.44. The average molecular weight is 450 g/mol. The molecule has 3 aliphatic heterocycles. The van der Waals surface area contributed by atoms with Crippen LogP contribution in [0.4, 0.5) is 4.79 Å². The van der Waals surface area contributed by atoms with E-state index in [1.54, 1.807) is 0 Å². The molecule has 0 radical (unpaired) electrons. The lowest BCUT2D eigenvalue weighted by Crippen LogP contribution is -2.57. The summed E-state index contributed by atoms with van der Waals surface area (Å²) in [7, 11) is 0. The minimum absolute atomic E-state index is 0.0230. The SMILES string of the molecule is O=C(O)NCCc1ccccc1-c1cccc2cc(C(=O)N[C@H]3CN4CCC3CC4)sc12. The Kier molecular flexibility index (Phi) is 5.85. The molecule has 6 nitrogen and oxygen atoms in total. The molecule has 1 atom stereocenters. The number of carbonyl (C=O) groups is 2. The van der Waals surface area contributed by atoms with E-state index in [0.717, 1.165) is 51.3 Å². The molecule has 3 aliphatic rings. The van der Waals surface area contributed by atoms with Crippen molar-refractivity contribution in [3.05, 3.63) is 59.0 Å². The van der Waals surface area contributed by atoms with Crippen LogP contribution in [0.3, 0.4) is 0 Å². The second-order valence-electron chi connectivity index (χ2n) is 8.69. The Labute approximate surface area is 191 Å². The van der Waals surface area contributed by atoms with E-state index in [0.29, 0.717) is 18.9 Å². The third kappa shape index (κ3) is 4.23. The van der Waals surface area contributed by atoms with Crippen molar-refractivity contribution in [2.45, 2.75) is 25.3 Å². The van der Waals surface area contributed by atoms with Crippen LogP contribution in [-0.2, 0) is 6.42 Å². The number of nitrogens with zero attached hydrogens (tertiary/aromatic N) is 1. The Morgan fingerprint density at radius 1 is 1.06 bits per heavy atom. The van der Waals surface area contributed by atoms with Crippen molar-refractivity contribution in [2.75, 3.05) is 26.2 Å². The van der Waals surface area contributed by atoms with Gasteiger partial charge in [-0.2, -0.15) is 0 Å². The van der Waals surface area contributed by atoms with Crippen LogP contribution in [0.15, 0.2) is 48.5 Å². The second kappa shape index (κ2) is 8.92. The van der Waals surface area contributed by atoms with E-state index < -0.39 is 6.09 Å². The van der Waals surface area contributed by atoms with Crippen LogP contribution in [0.1, 0.15) is 28.1 Å². The summed E-state index contributed by atoms with van der Waals surface area (Å²) in [4.78, 5) is 27.1. The highest BCUT2D eigenvalue weighted by Gasteiger charge is 2.35. The molecule has 7 heteroatoms. The van der Waals surface area contributed by atoms with E-state index in [4.69, 9.17) is 5.11 Å². The van der Waals surface area contributed by atoms with E-state index in [9.17, 15) is 9.59 Å². The summed E-state index contributed by atoms with van der Waals surface area (Å²) in [5.74, 6) is 0.620. The lowest BCUT2D eigenvalue weighted by atomic mass is 9.84. The topological polar surface area (TPSA) is 81.7 Å². The molecule has 3 aromatic rings. The molecule has 2 bridgehead atoms. The zero-order valence-corrected chi connectivity index (χ0v) is 18.7. The molecule has 0 unspecified atom stereocenters. The van der Waals surface area contributed by atoms with Crippen molar-refractivity contribution in [3.8, 4) is 11.1 Å². The third-order valence-electron chi connectivity index (χ3n) is 6.72. The van der Waals surface area contributed by atoms with Crippen molar-refractivity contribution in [3.63, 3.8) is 0 Å². The first-order chi connectivity index (χ1) is 15.6. The van der Waals surface area contributed by atoms with Gasteiger partial charge < -0.3 is 20.6 Å². The van der Waals surface area contributed by atoms with Crippen LogP contribution in [-0.4, -0.2) is 54.2 Å². The Morgan fingerprint density at radius 2 is 1.84 bits per heavy atom. The summed E-state index contributed by atoms with van der Waals surface area (Å²) < 4.78 is 1.09. The summed E-state index contributed by atoms with van der Waals surface area (Å²) >= 11 is 1.54. The van der Waals surface area contributed by atoms with Crippen molar-refractivity contribution >= 4 is 33.4 Å². The van der Waals surface area contributed by atoms with Crippen molar-refractivity contribution in [2.24, 2.45) is 5.92 Å². The molecule has 32 heavy (non-hydrogen) atoms. The van der Waals surface area contributed by atoms with E-state index in [1.807, 2.05) is 30.3 Å². The molecule has 3 fully saturated rings. The molecule has 2 amide bonds. The number of fused-ring (bicyclic) bond motifs is 4. The maximum absolute atomic E-state index is 13.1. The van der Waals surface area contributed by atoms with Crippen molar-refractivity contribution < 1.29 is 14.7 Å². The number of carboxylic acid groups (broad SMARTS) is 1. The largest absolute Gasteiger partial charge is 0.465 e. The van der Waals surface area contributed by atoms with Gasteiger partial charge in [-0.1, -0.05) is 42.5 Å². The number of hydrogen-bond acceptors (Lipinski definition) is 4. The van der Waals surface area contributed by atoms with Gasteiger partial charge >= 0.3 is 6.09 Å². The fourth-order valence-electron chi connectivity index (χ4n) is 5.06. The fourth-order valence-corrected chi connectivity index (χ4v) is 6.15. The van der Waals surface area contributed by atoms with Gasteiger partial charge in [-0.15, -0.1) is 11.3 Å². The van der Waals surface area contributed by atoms with Gasteiger partial charge in [0, 0.05) is 23.8 Å². The quantitative estimate of drug-likeness (QED) is 0.527. The standard InChI is InChI=1S/C25H27N3O3S/c29-24(27-21-15-28-12-9-17(21)10-13-28)22-14-18-5-3-7-20(23(18)32-22)19-6-2-1-4-16(19)8-11-26-25(30)31/h1-7,14,17,21,26H,8-13,15H2,(H,27,29)(H,30,31)/t21-/m0/s1. The molecule has 3 N–H and O–H groups in total. The highest BCUT2D eigenvalue weighted by molar-refractivity contribution is 7.21. The molecule has 6 rings (SSSR count). The maximum Gasteiger partial charge on any atom is 0.404 e. The van der Waals surface area contributed by atoms with Crippen molar-refractivity contribution in [1.29, 1.82) is 0 Å². The number of piperidine rings is 3. The maximum atomic E-state index is 13.1. The van der Waals surface area contributed by atoms with Crippen LogP contribution in [0, 0.1) is 5.92 Å². The van der Waals surface area contributed by atoms with Gasteiger partial charge in [0.1, 0.15) is 0 Å². The number of nitrogens with one attached hydrogen (secondary N) is 2. The molecule has 0 aliphatic carbocycles.